The van der Waals surface area contributed by atoms with E-state index in [1.807, 2.05) is 0 Å². The number of aromatic nitrogens is 1. The van der Waals surface area contributed by atoms with Crippen molar-refractivity contribution in [2.24, 2.45) is 0 Å². The third-order valence-corrected chi connectivity index (χ3v) is 5.73. The minimum atomic E-state index is 0.562. The highest BCUT2D eigenvalue weighted by Crippen LogP contribution is 2.43. The van der Waals surface area contributed by atoms with Crippen LogP contribution in [-0.4, -0.2) is 36.7 Å². The standard InChI is InChI=1S/C21H22N2O/c1-22-10-9-15(12-22)21-17-11-19-16-6-4-3-5-14(16)13-23(19)18(17)7-8-20(21)24-2/h3-8,11,15H,9-10,12-13H2,1-2H3. The summed E-state index contributed by atoms with van der Waals surface area (Å²) in [6, 6.07) is 15.5. The molecule has 3 nitrogen and oxygen atoms in total. The van der Waals surface area contributed by atoms with Gasteiger partial charge in [0, 0.05) is 46.7 Å². The van der Waals surface area contributed by atoms with E-state index in [9.17, 15) is 0 Å². The Bertz CT molecular complexity index is 940. The number of hydrogen-bond acceptors (Lipinski definition) is 2. The van der Waals surface area contributed by atoms with Crippen molar-refractivity contribution < 1.29 is 4.74 Å². The van der Waals surface area contributed by atoms with Gasteiger partial charge in [-0.1, -0.05) is 24.3 Å². The molecule has 3 aromatic rings. The second-order valence-electron chi connectivity index (χ2n) is 7.14. The minimum absolute atomic E-state index is 0.562. The molecule has 0 radical (unpaired) electrons. The lowest BCUT2D eigenvalue weighted by Crippen LogP contribution is -2.13. The molecule has 0 saturated carbocycles. The number of fused-ring (bicyclic) bond motifs is 5. The number of rotatable bonds is 2. The van der Waals surface area contributed by atoms with Crippen molar-refractivity contribution in [1.82, 2.24) is 9.47 Å². The summed E-state index contributed by atoms with van der Waals surface area (Å²) in [6.45, 7) is 3.26. The molecule has 0 bridgehead atoms. The van der Waals surface area contributed by atoms with Crippen molar-refractivity contribution in [2.75, 3.05) is 27.2 Å². The quantitative estimate of drug-likeness (QED) is 0.554. The summed E-state index contributed by atoms with van der Waals surface area (Å²) < 4.78 is 8.20. The number of ether oxygens (including phenoxy) is 1. The Kier molecular flexibility index (Phi) is 3.01. The van der Waals surface area contributed by atoms with Gasteiger partial charge >= 0.3 is 0 Å². The van der Waals surface area contributed by atoms with Gasteiger partial charge in [-0.3, -0.25) is 0 Å². The molecule has 0 N–H and O–H groups in total. The Morgan fingerprint density at radius 3 is 2.79 bits per heavy atom. The first-order valence-electron chi connectivity index (χ1n) is 8.73. The first kappa shape index (κ1) is 14.1. The molecule has 1 unspecified atom stereocenters. The fourth-order valence-corrected chi connectivity index (χ4v) is 4.58. The smallest absolute Gasteiger partial charge is 0.123 e. The first-order valence-corrected chi connectivity index (χ1v) is 8.73. The lowest BCUT2D eigenvalue weighted by molar-refractivity contribution is 0.396. The first-order chi connectivity index (χ1) is 11.8. The van der Waals surface area contributed by atoms with Crippen molar-refractivity contribution in [3.8, 4) is 17.0 Å². The second-order valence-corrected chi connectivity index (χ2v) is 7.14. The van der Waals surface area contributed by atoms with Gasteiger partial charge in [0.25, 0.3) is 0 Å². The molecule has 122 valence electrons. The summed E-state index contributed by atoms with van der Waals surface area (Å²) in [4.78, 5) is 2.42. The highest BCUT2D eigenvalue weighted by molar-refractivity contribution is 5.93. The fraction of sp³-hybridized carbons (Fsp3) is 0.333. The summed E-state index contributed by atoms with van der Waals surface area (Å²) in [5.74, 6) is 1.60. The lowest BCUT2D eigenvalue weighted by atomic mass is 9.93. The Balaban J connectivity index is 1.75. The molecule has 3 heterocycles. The molecule has 1 saturated heterocycles. The van der Waals surface area contributed by atoms with Gasteiger partial charge in [-0.05, 0) is 43.8 Å². The van der Waals surface area contributed by atoms with Crippen LogP contribution in [-0.2, 0) is 6.54 Å². The van der Waals surface area contributed by atoms with Crippen LogP contribution in [0.4, 0.5) is 0 Å². The van der Waals surface area contributed by atoms with Crippen LogP contribution >= 0.6 is 0 Å². The Morgan fingerprint density at radius 1 is 1.12 bits per heavy atom. The van der Waals surface area contributed by atoms with Gasteiger partial charge in [0.2, 0.25) is 0 Å². The number of likely N-dealkylation sites (N-methyl/N-ethyl adjacent to an activating group) is 1. The Hall–Kier alpha value is -2.26. The van der Waals surface area contributed by atoms with Crippen LogP contribution in [0.25, 0.3) is 22.2 Å². The summed E-state index contributed by atoms with van der Waals surface area (Å²) in [5, 5.41) is 1.37. The van der Waals surface area contributed by atoms with Crippen molar-refractivity contribution in [2.45, 2.75) is 18.9 Å². The van der Waals surface area contributed by atoms with E-state index in [1.54, 1.807) is 7.11 Å². The third-order valence-electron chi connectivity index (χ3n) is 5.73. The van der Waals surface area contributed by atoms with Gasteiger partial charge < -0.3 is 14.2 Å². The van der Waals surface area contributed by atoms with E-state index in [2.05, 4.69) is 59.0 Å². The Morgan fingerprint density at radius 2 is 2.00 bits per heavy atom. The molecular formula is C21H22N2O. The zero-order valence-corrected chi connectivity index (χ0v) is 14.2. The van der Waals surface area contributed by atoms with Crippen LogP contribution in [0.2, 0.25) is 0 Å². The summed E-state index contributed by atoms with van der Waals surface area (Å²) in [5.41, 5.74) is 6.89. The van der Waals surface area contributed by atoms with Gasteiger partial charge in [0.05, 0.1) is 7.11 Å². The van der Waals surface area contributed by atoms with E-state index in [0.717, 1.165) is 18.8 Å². The fourth-order valence-electron chi connectivity index (χ4n) is 4.58. The second kappa shape index (κ2) is 5.12. The minimum Gasteiger partial charge on any atom is -0.496 e. The van der Waals surface area contributed by atoms with Gasteiger partial charge in [-0.25, -0.2) is 0 Å². The van der Waals surface area contributed by atoms with Crippen molar-refractivity contribution in [3.63, 3.8) is 0 Å². The number of hydrogen-bond donors (Lipinski definition) is 0. The molecule has 0 spiro atoms. The topological polar surface area (TPSA) is 17.4 Å². The summed E-state index contributed by atoms with van der Waals surface area (Å²) in [7, 11) is 4.00. The van der Waals surface area contributed by atoms with Gasteiger partial charge in [-0.15, -0.1) is 0 Å². The highest BCUT2D eigenvalue weighted by Gasteiger charge is 2.29. The molecule has 0 amide bonds. The largest absolute Gasteiger partial charge is 0.496 e. The number of nitrogens with zero attached hydrogens (tertiary/aromatic N) is 2. The number of methoxy groups -OCH3 is 1. The molecule has 2 aliphatic rings. The van der Waals surface area contributed by atoms with Crippen LogP contribution in [0.1, 0.15) is 23.5 Å². The van der Waals surface area contributed by atoms with Crippen LogP contribution in [0, 0.1) is 0 Å². The highest BCUT2D eigenvalue weighted by atomic mass is 16.5. The van der Waals surface area contributed by atoms with Gasteiger partial charge in [0.15, 0.2) is 0 Å². The molecule has 0 aliphatic carbocycles. The molecule has 24 heavy (non-hydrogen) atoms. The average Bonchev–Trinajstić information content (AvgIpc) is 3.27. The van der Waals surface area contributed by atoms with E-state index in [-0.39, 0.29) is 0 Å². The van der Waals surface area contributed by atoms with Gasteiger partial charge in [-0.2, -0.15) is 0 Å². The zero-order chi connectivity index (χ0) is 16.3. The molecule has 1 fully saturated rings. The molecule has 3 heteroatoms. The molecule has 1 aromatic heterocycles. The molecule has 2 aromatic carbocycles. The predicted octanol–water partition coefficient (Wildman–Crippen LogP) is 4.10. The van der Waals surface area contributed by atoms with E-state index in [0.29, 0.717) is 5.92 Å². The third kappa shape index (κ3) is 1.88. The molecule has 5 rings (SSSR count). The van der Waals surface area contributed by atoms with Gasteiger partial charge in [0.1, 0.15) is 5.75 Å². The average molecular weight is 318 g/mol. The van der Waals surface area contributed by atoms with Crippen molar-refractivity contribution in [3.05, 3.63) is 53.6 Å². The van der Waals surface area contributed by atoms with E-state index < -0.39 is 0 Å². The maximum absolute atomic E-state index is 5.74. The zero-order valence-electron chi connectivity index (χ0n) is 14.2. The number of benzene rings is 2. The SMILES string of the molecule is COc1ccc2c(cc3n2Cc2ccccc2-3)c1C1CCN(C)C1. The molecular weight excluding hydrogens is 296 g/mol. The van der Waals surface area contributed by atoms with Crippen LogP contribution in [0.3, 0.4) is 0 Å². The maximum atomic E-state index is 5.74. The van der Waals surface area contributed by atoms with Crippen molar-refractivity contribution >= 4 is 10.9 Å². The Labute approximate surface area is 142 Å². The maximum Gasteiger partial charge on any atom is 0.123 e. The van der Waals surface area contributed by atoms with E-state index in [4.69, 9.17) is 4.74 Å². The van der Waals surface area contributed by atoms with Crippen LogP contribution in [0.5, 0.6) is 5.75 Å². The van der Waals surface area contributed by atoms with E-state index >= 15 is 0 Å². The normalized spacial score (nSPS) is 19.7. The predicted molar refractivity (Wildman–Crippen MR) is 97.9 cm³/mol. The molecule has 1 atom stereocenters. The summed E-state index contributed by atoms with van der Waals surface area (Å²) >= 11 is 0. The lowest BCUT2D eigenvalue weighted by Gasteiger charge is -2.17. The monoisotopic (exact) mass is 318 g/mol. The summed E-state index contributed by atoms with van der Waals surface area (Å²) in [6.07, 6.45) is 1.21. The van der Waals surface area contributed by atoms with Crippen LogP contribution < -0.4 is 4.74 Å². The van der Waals surface area contributed by atoms with Crippen molar-refractivity contribution in [1.29, 1.82) is 0 Å². The van der Waals surface area contributed by atoms with E-state index in [1.165, 1.54) is 46.3 Å². The molecule has 2 aliphatic heterocycles. The number of likely N-dealkylation sites (tertiary alicyclic amines) is 1. The van der Waals surface area contributed by atoms with Crippen LogP contribution in [0.15, 0.2) is 42.5 Å².